The minimum atomic E-state index is 0.0174. The van der Waals surface area contributed by atoms with Crippen molar-refractivity contribution >= 4 is 11.6 Å². The Bertz CT molecular complexity index is 753. The first-order valence-electron chi connectivity index (χ1n) is 9.13. The average Bonchev–Trinajstić information content (AvgIpc) is 2.69. The van der Waals surface area contributed by atoms with Crippen LogP contribution in [0.5, 0.6) is 0 Å². The monoisotopic (exact) mass is 336 g/mol. The van der Waals surface area contributed by atoms with Crippen LogP contribution in [-0.2, 0) is 11.2 Å². The maximum atomic E-state index is 13.0. The lowest BCUT2D eigenvalue weighted by Crippen LogP contribution is -2.38. The highest BCUT2D eigenvalue weighted by molar-refractivity contribution is 6.00. The number of anilines is 1. The third-order valence-corrected chi connectivity index (χ3v) is 5.18. The summed E-state index contributed by atoms with van der Waals surface area (Å²) in [5, 5.41) is 3.27. The second-order valence-corrected chi connectivity index (χ2v) is 6.73. The van der Waals surface area contributed by atoms with E-state index in [1.165, 1.54) is 11.1 Å². The lowest BCUT2D eigenvalue weighted by molar-refractivity contribution is 0.0931. The van der Waals surface area contributed by atoms with Crippen molar-refractivity contribution in [3.05, 3.63) is 65.2 Å². The Morgan fingerprint density at radius 3 is 2.68 bits per heavy atom. The number of carbonyl (C=O) groups excluding carboxylic acids is 1. The van der Waals surface area contributed by atoms with E-state index < -0.39 is 0 Å². The van der Waals surface area contributed by atoms with Crippen LogP contribution >= 0.6 is 0 Å². The predicted octanol–water partition coefficient (Wildman–Crippen LogP) is 3.33. The predicted molar refractivity (Wildman–Crippen MR) is 99.1 cm³/mol. The summed E-state index contributed by atoms with van der Waals surface area (Å²) < 4.78 is 5.44. The highest BCUT2D eigenvalue weighted by atomic mass is 16.5. The second kappa shape index (κ2) is 7.28. The van der Waals surface area contributed by atoms with Crippen molar-refractivity contribution in [2.45, 2.75) is 25.3 Å². The molecule has 1 saturated heterocycles. The Labute approximate surface area is 148 Å². The number of ether oxygens (including phenoxy) is 1. The number of carbonyl (C=O) groups is 1. The van der Waals surface area contributed by atoms with Crippen molar-refractivity contribution in [1.29, 1.82) is 0 Å². The molecule has 4 rings (SSSR count). The maximum absolute atomic E-state index is 13.0. The molecule has 0 radical (unpaired) electrons. The molecule has 0 bridgehead atoms. The van der Waals surface area contributed by atoms with Crippen molar-refractivity contribution in [1.82, 2.24) is 5.32 Å². The van der Waals surface area contributed by atoms with Gasteiger partial charge in [-0.05, 0) is 42.5 Å². The molecule has 1 N–H and O–H groups in total. The zero-order valence-corrected chi connectivity index (χ0v) is 14.4. The molecule has 2 aromatic carbocycles. The van der Waals surface area contributed by atoms with E-state index in [0.717, 1.165) is 43.6 Å². The highest BCUT2D eigenvalue weighted by Crippen LogP contribution is 2.30. The molecule has 0 spiro atoms. The third kappa shape index (κ3) is 3.40. The molecule has 25 heavy (non-hydrogen) atoms. The standard InChI is InChI=1S/C21H24N2O2/c24-21(22-19-10-5-7-16-6-1-2-8-17(16)19)18-9-3-4-11-20(18)23-12-14-25-15-13-23/h1-4,6,8-9,11,19H,5,7,10,12-15H2,(H,22,24). The van der Waals surface area contributed by atoms with Gasteiger partial charge in [-0.2, -0.15) is 0 Å². The quantitative estimate of drug-likeness (QED) is 0.935. The smallest absolute Gasteiger partial charge is 0.253 e. The number of para-hydroxylation sites is 1. The maximum Gasteiger partial charge on any atom is 0.253 e. The van der Waals surface area contributed by atoms with Gasteiger partial charge in [-0.15, -0.1) is 0 Å². The Hall–Kier alpha value is -2.33. The summed E-state index contributed by atoms with van der Waals surface area (Å²) in [6.07, 6.45) is 3.22. The molecule has 130 valence electrons. The van der Waals surface area contributed by atoms with Crippen LogP contribution in [0.1, 0.15) is 40.4 Å². The number of nitrogens with one attached hydrogen (secondary N) is 1. The molecule has 2 aliphatic rings. The number of amides is 1. The molecule has 4 heteroatoms. The van der Waals surface area contributed by atoms with E-state index in [1.807, 2.05) is 24.3 Å². The number of aryl methyl sites for hydroxylation is 1. The first kappa shape index (κ1) is 16.2. The summed E-state index contributed by atoms with van der Waals surface area (Å²) in [5.41, 5.74) is 4.39. The van der Waals surface area contributed by atoms with Gasteiger partial charge in [0.2, 0.25) is 0 Å². The first-order valence-corrected chi connectivity index (χ1v) is 9.13. The number of rotatable bonds is 3. The number of hydrogen-bond acceptors (Lipinski definition) is 3. The summed E-state index contributed by atoms with van der Waals surface area (Å²) in [6.45, 7) is 3.09. The van der Waals surface area contributed by atoms with Crippen LogP contribution in [0, 0.1) is 0 Å². The topological polar surface area (TPSA) is 41.6 Å². The Kier molecular flexibility index (Phi) is 4.70. The van der Waals surface area contributed by atoms with Crippen LogP contribution in [0.3, 0.4) is 0 Å². The van der Waals surface area contributed by atoms with Gasteiger partial charge in [-0.25, -0.2) is 0 Å². The number of fused-ring (bicyclic) bond motifs is 1. The van der Waals surface area contributed by atoms with E-state index in [9.17, 15) is 4.79 Å². The Morgan fingerprint density at radius 2 is 1.80 bits per heavy atom. The summed E-state index contributed by atoms with van der Waals surface area (Å²) in [6, 6.07) is 16.5. The van der Waals surface area contributed by atoms with Crippen molar-refractivity contribution in [2.75, 3.05) is 31.2 Å². The van der Waals surface area contributed by atoms with Gasteiger partial charge in [-0.1, -0.05) is 36.4 Å². The number of morpholine rings is 1. The zero-order valence-electron chi connectivity index (χ0n) is 14.4. The van der Waals surface area contributed by atoms with Crippen LogP contribution in [0.25, 0.3) is 0 Å². The fourth-order valence-electron chi connectivity index (χ4n) is 3.89. The molecule has 4 nitrogen and oxygen atoms in total. The normalized spacial score (nSPS) is 20.0. The van der Waals surface area contributed by atoms with Gasteiger partial charge >= 0.3 is 0 Å². The number of benzene rings is 2. The van der Waals surface area contributed by atoms with Gasteiger partial charge in [0.1, 0.15) is 0 Å². The van der Waals surface area contributed by atoms with Crippen LogP contribution < -0.4 is 10.2 Å². The van der Waals surface area contributed by atoms with Crippen LogP contribution in [0.15, 0.2) is 48.5 Å². The third-order valence-electron chi connectivity index (χ3n) is 5.18. The minimum Gasteiger partial charge on any atom is -0.378 e. The summed E-state index contributed by atoms with van der Waals surface area (Å²) in [4.78, 5) is 15.3. The van der Waals surface area contributed by atoms with Crippen molar-refractivity contribution in [3.63, 3.8) is 0 Å². The van der Waals surface area contributed by atoms with Gasteiger partial charge in [0.25, 0.3) is 5.91 Å². The molecule has 1 aliphatic heterocycles. The fourth-order valence-corrected chi connectivity index (χ4v) is 3.89. The van der Waals surface area contributed by atoms with Crippen LogP contribution in [0.2, 0.25) is 0 Å². The van der Waals surface area contributed by atoms with Gasteiger partial charge in [-0.3, -0.25) is 4.79 Å². The van der Waals surface area contributed by atoms with Crippen LogP contribution in [0.4, 0.5) is 5.69 Å². The molecule has 0 saturated carbocycles. The lowest BCUT2D eigenvalue weighted by atomic mass is 9.87. The van der Waals surface area contributed by atoms with E-state index >= 15 is 0 Å². The lowest BCUT2D eigenvalue weighted by Gasteiger charge is -2.31. The van der Waals surface area contributed by atoms with E-state index in [0.29, 0.717) is 13.2 Å². The van der Waals surface area contributed by atoms with Crippen molar-refractivity contribution in [3.8, 4) is 0 Å². The summed E-state index contributed by atoms with van der Waals surface area (Å²) >= 11 is 0. The molecular weight excluding hydrogens is 312 g/mol. The SMILES string of the molecule is O=C(NC1CCCc2ccccc21)c1ccccc1N1CCOCC1. The molecule has 1 amide bonds. The molecule has 1 heterocycles. The molecule has 1 unspecified atom stereocenters. The van der Waals surface area contributed by atoms with Crippen molar-refractivity contribution in [2.24, 2.45) is 0 Å². The summed E-state index contributed by atoms with van der Waals surface area (Å²) in [5.74, 6) is 0.0174. The zero-order chi connectivity index (χ0) is 17.1. The van der Waals surface area contributed by atoms with Crippen LogP contribution in [-0.4, -0.2) is 32.2 Å². The number of nitrogens with zero attached hydrogens (tertiary/aromatic N) is 1. The Morgan fingerprint density at radius 1 is 1.04 bits per heavy atom. The molecule has 2 aromatic rings. The second-order valence-electron chi connectivity index (χ2n) is 6.73. The minimum absolute atomic E-state index is 0.0174. The number of hydrogen-bond donors (Lipinski definition) is 1. The van der Waals surface area contributed by atoms with E-state index in [2.05, 4.69) is 34.5 Å². The van der Waals surface area contributed by atoms with E-state index in [4.69, 9.17) is 4.74 Å². The average molecular weight is 336 g/mol. The van der Waals surface area contributed by atoms with Gasteiger partial charge in [0.05, 0.1) is 24.8 Å². The highest BCUT2D eigenvalue weighted by Gasteiger charge is 2.24. The first-order chi connectivity index (χ1) is 12.3. The fraction of sp³-hybridized carbons (Fsp3) is 0.381. The molecule has 1 atom stereocenters. The molecule has 1 aliphatic carbocycles. The molecule has 0 aromatic heterocycles. The molecular formula is C21H24N2O2. The largest absolute Gasteiger partial charge is 0.378 e. The van der Waals surface area contributed by atoms with Gasteiger partial charge < -0.3 is 15.0 Å². The van der Waals surface area contributed by atoms with Gasteiger partial charge in [0, 0.05) is 18.8 Å². The van der Waals surface area contributed by atoms with Gasteiger partial charge in [0.15, 0.2) is 0 Å². The summed E-state index contributed by atoms with van der Waals surface area (Å²) in [7, 11) is 0. The Balaban J connectivity index is 1.56. The molecule has 1 fully saturated rings. The van der Waals surface area contributed by atoms with Crippen molar-refractivity contribution < 1.29 is 9.53 Å². The van der Waals surface area contributed by atoms with E-state index in [1.54, 1.807) is 0 Å². The van der Waals surface area contributed by atoms with E-state index in [-0.39, 0.29) is 11.9 Å².